The van der Waals surface area contributed by atoms with Crippen molar-refractivity contribution < 1.29 is 10.2 Å². The van der Waals surface area contributed by atoms with E-state index >= 15 is 0 Å². The quantitative estimate of drug-likeness (QED) is 0.791. The summed E-state index contributed by atoms with van der Waals surface area (Å²) in [7, 11) is 0. The van der Waals surface area contributed by atoms with Gasteiger partial charge in [-0.05, 0) is 30.2 Å². The molecule has 1 aromatic carbocycles. The third-order valence-corrected chi connectivity index (χ3v) is 2.48. The van der Waals surface area contributed by atoms with Crippen molar-refractivity contribution in [2.45, 2.75) is 19.1 Å². The maximum absolute atomic E-state index is 9.60. The summed E-state index contributed by atoms with van der Waals surface area (Å²) >= 11 is 3.26. The zero-order valence-corrected chi connectivity index (χ0v) is 9.19. The molecule has 0 aliphatic rings. The molecule has 0 aliphatic carbocycles. The fourth-order valence-corrected chi connectivity index (χ4v) is 1.55. The van der Waals surface area contributed by atoms with Gasteiger partial charge in [-0.25, -0.2) is 0 Å². The molecule has 0 bridgehead atoms. The monoisotopic (exact) mass is 255 g/mol. The molecular formula is C10H10BrNO2. The minimum absolute atomic E-state index is 0.563. The van der Waals surface area contributed by atoms with Gasteiger partial charge in [0, 0.05) is 4.47 Å². The molecule has 0 saturated heterocycles. The standard InChI is InChI=1S/C10H10BrNO2/c1-6-2-3-7(11)4-8(6)10(14)9(13)5-12/h2-4,9-10,13-14H,1H3. The molecule has 0 aliphatic heterocycles. The van der Waals surface area contributed by atoms with Crippen molar-refractivity contribution in [2.24, 2.45) is 0 Å². The van der Waals surface area contributed by atoms with E-state index in [1.54, 1.807) is 12.1 Å². The van der Waals surface area contributed by atoms with Gasteiger partial charge in [-0.2, -0.15) is 5.26 Å². The van der Waals surface area contributed by atoms with Gasteiger partial charge in [0.15, 0.2) is 6.10 Å². The van der Waals surface area contributed by atoms with Crippen LogP contribution in [0.1, 0.15) is 17.2 Å². The van der Waals surface area contributed by atoms with Crippen molar-refractivity contribution in [3.63, 3.8) is 0 Å². The van der Waals surface area contributed by atoms with E-state index in [2.05, 4.69) is 15.9 Å². The van der Waals surface area contributed by atoms with Crippen molar-refractivity contribution in [3.05, 3.63) is 33.8 Å². The maximum Gasteiger partial charge on any atom is 0.170 e. The first-order valence-corrected chi connectivity index (χ1v) is 4.87. The molecule has 0 heterocycles. The molecule has 1 aromatic rings. The highest BCUT2D eigenvalue weighted by molar-refractivity contribution is 9.10. The molecule has 0 saturated carbocycles. The minimum Gasteiger partial charge on any atom is -0.385 e. The Morgan fingerprint density at radius 2 is 2.07 bits per heavy atom. The average molecular weight is 256 g/mol. The average Bonchev–Trinajstić information content (AvgIpc) is 2.19. The Bertz CT molecular complexity index is 373. The molecule has 3 nitrogen and oxygen atoms in total. The first-order chi connectivity index (χ1) is 6.56. The van der Waals surface area contributed by atoms with E-state index in [-0.39, 0.29) is 0 Å². The van der Waals surface area contributed by atoms with Gasteiger partial charge in [0.05, 0.1) is 6.07 Å². The summed E-state index contributed by atoms with van der Waals surface area (Å²) in [4.78, 5) is 0. The predicted octanol–water partition coefficient (Wildman–Crippen LogP) is 1.68. The molecule has 74 valence electrons. The van der Waals surface area contributed by atoms with E-state index in [4.69, 9.17) is 10.4 Å². The van der Waals surface area contributed by atoms with Crippen molar-refractivity contribution in [1.82, 2.24) is 0 Å². The normalized spacial score (nSPS) is 14.5. The molecule has 0 amide bonds. The third-order valence-electron chi connectivity index (χ3n) is 1.99. The zero-order chi connectivity index (χ0) is 10.7. The molecule has 14 heavy (non-hydrogen) atoms. The van der Waals surface area contributed by atoms with E-state index in [9.17, 15) is 5.11 Å². The lowest BCUT2D eigenvalue weighted by molar-refractivity contribution is 0.0523. The molecule has 1 rings (SSSR count). The molecule has 0 spiro atoms. The number of nitriles is 1. The van der Waals surface area contributed by atoms with Crippen molar-refractivity contribution in [3.8, 4) is 6.07 Å². The number of benzene rings is 1. The summed E-state index contributed by atoms with van der Waals surface area (Å²) in [5, 5.41) is 27.2. The number of hydrogen-bond donors (Lipinski definition) is 2. The van der Waals surface area contributed by atoms with Crippen molar-refractivity contribution in [2.75, 3.05) is 0 Å². The highest BCUT2D eigenvalue weighted by atomic mass is 79.9. The van der Waals surface area contributed by atoms with Crippen molar-refractivity contribution >= 4 is 15.9 Å². The molecule has 0 radical (unpaired) electrons. The predicted molar refractivity (Wildman–Crippen MR) is 55.5 cm³/mol. The van der Waals surface area contributed by atoms with Crippen LogP contribution in [0.5, 0.6) is 0 Å². The first-order valence-electron chi connectivity index (χ1n) is 4.08. The Balaban J connectivity index is 3.07. The highest BCUT2D eigenvalue weighted by Crippen LogP contribution is 2.24. The van der Waals surface area contributed by atoms with Gasteiger partial charge < -0.3 is 10.2 Å². The summed E-state index contributed by atoms with van der Waals surface area (Å²) in [5.41, 5.74) is 1.41. The maximum atomic E-state index is 9.60. The number of halogens is 1. The molecule has 0 aromatic heterocycles. The van der Waals surface area contributed by atoms with Crippen LogP contribution in [0.3, 0.4) is 0 Å². The lowest BCUT2D eigenvalue weighted by Crippen LogP contribution is -2.16. The number of nitrogens with zero attached hydrogens (tertiary/aromatic N) is 1. The number of aliphatic hydroxyl groups excluding tert-OH is 2. The van der Waals surface area contributed by atoms with Crippen LogP contribution in [0.2, 0.25) is 0 Å². The molecular weight excluding hydrogens is 246 g/mol. The summed E-state index contributed by atoms with van der Waals surface area (Å²) < 4.78 is 0.808. The Morgan fingerprint density at radius 1 is 1.43 bits per heavy atom. The second-order valence-electron chi connectivity index (χ2n) is 3.02. The summed E-state index contributed by atoms with van der Waals surface area (Å²) in [6.07, 6.45) is -2.54. The van der Waals surface area contributed by atoms with Crippen LogP contribution in [-0.4, -0.2) is 16.3 Å². The van der Waals surface area contributed by atoms with Crippen LogP contribution in [0, 0.1) is 18.3 Å². The Morgan fingerprint density at radius 3 is 2.64 bits per heavy atom. The minimum atomic E-state index is -1.39. The zero-order valence-electron chi connectivity index (χ0n) is 7.61. The van der Waals surface area contributed by atoms with E-state index in [1.165, 1.54) is 0 Å². The Hall–Kier alpha value is -0.890. The van der Waals surface area contributed by atoms with Gasteiger partial charge in [0.1, 0.15) is 6.10 Å². The van der Waals surface area contributed by atoms with Crippen LogP contribution in [0.15, 0.2) is 22.7 Å². The molecule has 0 fully saturated rings. The lowest BCUT2D eigenvalue weighted by Gasteiger charge is -2.14. The SMILES string of the molecule is Cc1ccc(Br)cc1C(O)C(O)C#N. The van der Waals surface area contributed by atoms with Gasteiger partial charge in [0.2, 0.25) is 0 Å². The van der Waals surface area contributed by atoms with Crippen molar-refractivity contribution in [1.29, 1.82) is 5.26 Å². The van der Waals surface area contributed by atoms with Gasteiger partial charge in [0.25, 0.3) is 0 Å². The van der Waals surface area contributed by atoms with Crippen LogP contribution < -0.4 is 0 Å². The lowest BCUT2D eigenvalue weighted by atomic mass is 10.0. The second-order valence-corrected chi connectivity index (χ2v) is 3.94. The third kappa shape index (κ3) is 2.32. The topological polar surface area (TPSA) is 64.2 Å². The van der Waals surface area contributed by atoms with Gasteiger partial charge in [-0.3, -0.25) is 0 Å². The largest absolute Gasteiger partial charge is 0.385 e. The highest BCUT2D eigenvalue weighted by Gasteiger charge is 2.19. The summed E-state index contributed by atoms with van der Waals surface area (Å²) in [6.45, 7) is 1.81. The van der Waals surface area contributed by atoms with E-state index in [0.717, 1.165) is 10.0 Å². The van der Waals surface area contributed by atoms with E-state index < -0.39 is 12.2 Å². The Kier molecular flexibility index (Phi) is 3.64. The molecule has 4 heteroatoms. The summed E-state index contributed by atoms with van der Waals surface area (Å²) in [6, 6.07) is 6.94. The van der Waals surface area contributed by atoms with Crippen LogP contribution in [0.4, 0.5) is 0 Å². The van der Waals surface area contributed by atoms with Gasteiger partial charge in [-0.15, -0.1) is 0 Å². The van der Waals surface area contributed by atoms with Crippen LogP contribution in [-0.2, 0) is 0 Å². The molecule has 2 unspecified atom stereocenters. The smallest absolute Gasteiger partial charge is 0.170 e. The van der Waals surface area contributed by atoms with Gasteiger partial charge in [-0.1, -0.05) is 22.0 Å². The fourth-order valence-electron chi connectivity index (χ4n) is 1.17. The molecule has 2 N–H and O–H groups in total. The van der Waals surface area contributed by atoms with E-state index in [1.807, 2.05) is 19.1 Å². The number of rotatable bonds is 2. The van der Waals surface area contributed by atoms with Crippen LogP contribution in [0.25, 0.3) is 0 Å². The first kappa shape index (κ1) is 11.2. The number of aryl methyl sites for hydroxylation is 1. The fraction of sp³-hybridized carbons (Fsp3) is 0.300. The molecule has 2 atom stereocenters. The second kappa shape index (κ2) is 4.56. The van der Waals surface area contributed by atoms with Gasteiger partial charge >= 0.3 is 0 Å². The van der Waals surface area contributed by atoms with Crippen LogP contribution >= 0.6 is 15.9 Å². The number of aliphatic hydroxyl groups is 2. The Labute approximate surface area is 90.7 Å². The number of hydrogen-bond acceptors (Lipinski definition) is 3. The van der Waals surface area contributed by atoms with E-state index in [0.29, 0.717) is 5.56 Å². The summed E-state index contributed by atoms with van der Waals surface area (Å²) in [5.74, 6) is 0.